The van der Waals surface area contributed by atoms with Gasteiger partial charge >= 0.3 is 0 Å². The maximum atomic E-state index is 11.5. The topological polar surface area (TPSA) is 54.3 Å². The number of amides is 1. The Hall–Kier alpha value is -1.29. The largest absolute Gasteiger partial charge is 0.392 e. The molecule has 0 aromatic carbocycles. The number of aliphatic hydroxyl groups excluding tert-OH is 1. The van der Waals surface area contributed by atoms with Crippen LogP contribution in [0.15, 0.2) is 18.3 Å². The highest BCUT2D eigenvalue weighted by atomic mass is 16.3. The maximum absolute atomic E-state index is 11.5. The van der Waals surface area contributed by atoms with E-state index in [1.807, 2.05) is 23.8 Å². The number of rotatable bonds is 4. The first-order chi connectivity index (χ1) is 6.65. The molecule has 1 heterocycles. The van der Waals surface area contributed by atoms with Crippen LogP contribution in [0.1, 0.15) is 24.3 Å². The minimum Gasteiger partial charge on any atom is -0.392 e. The molecular formula is C10H16N2O2. The van der Waals surface area contributed by atoms with Crippen LogP contribution in [0.2, 0.25) is 0 Å². The molecule has 1 aromatic rings. The molecule has 1 rings (SSSR count). The number of hydrogen-bond donors (Lipinski definition) is 2. The summed E-state index contributed by atoms with van der Waals surface area (Å²) in [6, 6.07) is 3.60. The SMILES string of the molecule is CCn1cccc1C(=O)NC[C@@H](C)O. The summed E-state index contributed by atoms with van der Waals surface area (Å²) in [5.41, 5.74) is 0.633. The lowest BCUT2D eigenvalue weighted by atomic mass is 10.3. The Bertz CT molecular complexity index is 305. The summed E-state index contributed by atoms with van der Waals surface area (Å²) >= 11 is 0. The second-order valence-electron chi connectivity index (χ2n) is 3.24. The van der Waals surface area contributed by atoms with E-state index in [9.17, 15) is 4.79 Å². The van der Waals surface area contributed by atoms with Gasteiger partial charge < -0.3 is 15.0 Å². The maximum Gasteiger partial charge on any atom is 0.267 e. The van der Waals surface area contributed by atoms with Crippen molar-refractivity contribution in [3.05, 3.63) is 24.0 Å². The zero-order chi connectivity index (χ0) is 10.6. The summed E-state index contributed by atoms with van der Waals surface area (Å²) in [4.78, 5) is 11.5. The molecule has 14 heavy (non-hydrogen) atoms. The van der Waals surface area contributed by atoms with Gasteiger partial charge in [0.1, 0.15) is 5.69 Å². The van der Waals surface area contributed by atoms with Gasteiger partial charge in [-0.25, -0.2) is 0 Å². The van der Waals surface area contributed by atoms with Crippen molar-refractivity contribution in [2.45, 2.75) is 26.5 Å². The molecule has 4 heteroatoms. The van der Waals surface area contributed by atoms with Gasteiger partial charge in [-0.3, -0.25) is 4.79 Å². The van der Waals surface area contributed by atoms with E-state index in [0.29, 0.717) is 5.69 Å². The van der Waals surface area contributed by atoms with Crippen molar-refractivity contribution in [3.63, 3.8) is 0 Å². The average Bonchev–Trinajstić information content (AvgIpc) is 2.61. The number of aliphatic hydroxyl groups is 1. The quantitative estimate of drug-likeness (QED) is 0.741. The van der Waals surface area contributed by atoms with Gasteiger partial charge in [0, 0.05) is 19.3 Å². The molecule has 0 saturated carbocycles. The van der Waals surface area contributed by atoms with Crippen LogP contribution in [0.25, 0.3) is 0 Å². The van der Waals surface area contributed by atoms with E-state index in [2.05, 4.69) is 5.32 Å². The summed E-state index contributed by atoms with van der Waals surface area (Å²) in [6.45, 7) is 4.67. The van der Waals surface area contributed by atoms with Gasteiger partial charge in [0.2, 0.25) is 0 Å². The van der Waals surface area contributed by atoms with Crippen LogP contribution in [0.3, 0.4) is 0 Å². The van der Waals surface area contributed by atoms with Crippen LogP contribution in [-0.4, -0.2) is 28.2 Å². The highest BCUT2D eigenvalue weighted by Gasteiger charge is 2.09. The Morgan fingerprint density at radius 1 is 1.71 bits per heavy atom. The number of hydrogen-bond acceptors (Lipinski definition) is 2. The Kier molecular flexibility index (Phi) is 3.71. The molecule has 1 atom stereocenters. The number of nitrogens with zero attached hydrogens (tertiary/aromatic N) is 1. The van der Waals surface area contributed by atoms with E-state index in [4.69, 9.17) is 5.11 Å². The zero-order valence-corrected chi connectivity index (χ0v) is 8.53. The van der Waals surface area contributed by atoms with Crippen LogP contribution in [0.5, 0.6) is 0 Å². The highest BCUT2D eigenvalue weighted by Crippen LogP contribution is 2.01. The molecule has 0 aliphatic carbocycles. The average molecular weight is 196 g/mol. The van der Waals surface area contributed by atoms with Crippen LogP contribution in [-0.2, 0) is 6.54 Å². The minimum absolute atomic E-state index is 0.141. The third-order valence-electron chi connectivity index (χ3n) is 1.96. The Labute approximate surface area is 83.5 Å². The molecule has 1 aromatic heterocycles. The first kappa shape index (κ1) is 10.8. The van der Waals surface area contributed by atoms with Crippen LogP contribution in [0.4, 0.5) is 0 Å². The molecule has 0 spiro atoms. The lowest BCUT2D eigenvalue weighted by molar-refractivity contribution is 0.0915. The standard InChI is InChI=1S/C10H16N2O2/c1-3-12-6-4-5-9(12)10(14)11-7-8(2)13/h4-6,8,13H,3,7H2,1-2H3,(H,11,14)/t8-/m1/s1. The number of aryl methyl sites for hydroxylation is 1. The number of nitrogens with one attached hydrogen (secondary N) is 1. The summed E-state index contributed by atoms with van der Waals surface area (Å²) in [6.07, 6.45) is 1.35. The van der Waals surface area contributed by atoms with Crippen molar-refractivity contribution >= 4 is 5.91 Å². The van der Waals surface area contributed by atoms with Crippen molar-refractivity contribution in [3.8, 4) is 0 Å². The van der Waals surface area contributed by atoms with Crippen molar-refractivity contribution in [2.24, 2.45) is 0 Å². The van der Waals surface area contributed by atoms with E-state index in [1.165, 1.54) is 0 Å². The van der Waals surface area contributed by atoms with E-state index in [-0.39, 0.29) is 12.5 Å². The van der Waals surface area contributed by atoms with Gasteiger partial charge in [-0.2, -0.15) is 0 Å². The molecule has 0 aliphatic heterocycles. The van der Waals surface area contributed by atoms with Gasteiger partial charge in [-0.1, -0.05) is 0 Å². The van der Waals surface area contributed by atoms with Crippen molar-refractivity contribution in [2.75, 3.05) is 6.54 Å². The smallest absolute Gasteiger partial charge is 0.267 e. The van der Waals surface area contributed by atoms with Crippen LogP contribution >= 0.6 is 0 Å². The van der Waals surface area contributed by atoms with Crippen molar-refractivity contribution < 1.29 is 9.90 Å². The Morgan fingerprint density at radius 3 is 3.00 bits per heavy atom. The molecule has 0 fully saturated rings. The molecule has 4 nitrogen and oxygen atoms in total. The minimum atomic E-state index is -0.510. The van der Waals surface area contributed by atoms with Gasteiger partial charge in [0.15, 0.2) is 0 Å². The normalized spacial score (nSPS) is 12.5. The van der Waals surface area contributed by atoms with Crippen LogP contribution < -0.4 is 5.32 Å². The molecular weight excluding hydrogens is 180 g/mol. The molecule has 0 bridgehead atoms. The predicted octanol–water partition coefficient (Wildman–Crippen LogP) is 0.619. The Morgan fingerprint density at radius 2 is 2.43 bits per heavy atom. The van der Waals surface area contributed by atoms with Crippen molar-refractivity contribution in [1.29, 1.82) is 0 Å². The highest BCUT2D eigenvalue weighted by molar-refractivity contribution is 5.92. The summed E-state index contributed by atoms with van der Waals surface area (Å²) in [5, 5.41) is 11.7. The lowest BCUT2D eigenvalue weighted by Gasteiger charge is -2.08. The van der Waals surface area contributed by atoms with Crippen molar-refractivity contribution in [1.82, 2.24) is 9.88 Å². The summed E-state index contributed by atoms with van der Waals surface area (Å²) in [7, 11) is 0. The van der Waals surface area contributed by atoms with Gasteiger partial charge in [0.25, 0.3) is 5.91 Å². The summed E-state index contributed by atoms with van der Waals surface area (Å²) in [5.74, 6) is -0.141. The Balaban J connectivity index is 2.60. The predicted molar refractivity (Wildman–Crippen MR) is 54.1 cm³/mol. The third kappa shape index (κ3) is 2.60. The molecule has 0 radical (unpaired) electrons. The fourth-order valence-corrected chi connectivity index (χ4v) is 1.23. The van der Waals surface area contributed by atoms with E-state index < -0.39 is 6.10 Å². The molecule has 1 amide bonds. The fourth-order valence-electron chi connectivity index (χ4n) is 1.23. The fraction of sp³-hybridized carbons (Fsp3) is 0.500. The first-order valence-corrected chi connectivity index (χ1v) is 4.76. The van der Waals surface area contributed by atoms with Gasteiger partial charge in [-0.15, -0.1) is 0 Å². The third-order valence-corrected chi connectivity index (χ3v) is 1.96. The van der Waals surface area contributed by atoms with E-state index in [0.717, 1.165) is 6.54 Å². The zero-order valence-electron chi connectivity index (χ0n) is 8.53. The van der Waals surface area contributed by atoms with Gasteiger partial charge in [-0.05, 0) is 26.0 Å². The van der Waals surface area contributed by atoms with E-state index in [1.54, 1.807) is 13.0 Å². The summed E-state index contributed by atoms with van der Waals surface area (Å²) < 4.78 is 1.86. The molecule has 0 unspecified atom stereocenters. The molecule has 0 aliphatic rings. The lowest BCUT2D eigenvalue weighted by Crippen LogP contribution is -2.31. The monoisotopic (exact) mass is 196 g/mol. The number of carbonyl (C=O) groups excluding carboxylic acids is 1. The van der Waals surface area contributed by atoms with Crippen LogP contribution in [0, 0.1) is 0 Å². The number of aromatic nitrogens is 1. The van der Waals surface area contributed by atoms with E-state index >= 15 is 0 Å². The first-order valence-electron chi connectivity index (χ1n) is 4.76. The van der Waals surface area contributed by atoms with Gasteiger partial charge in [0.05, 0.1) is 6.10 Å². The second-order valence-corrected chi connectivity index (χ2v) is 3.24. The second kappa shape index (κ2) is 4.81. The molecule has 78 valence electrons. The molecule has 2 N–H and O–H groups in total. The number of carbonyl (C=O) groups is 1. The molecule has 0 saturated heterocycles.